The minimum atomic E-state index is -0.316. The molecule has 3 rings (SSSR count). The van der Waals surface area contributed by atoms with E-state index in [0.29, 0.717) is 5.56 Å². The van der Waals surface area contributed by atoms with Gasteiger partial charge in [0, 0.05) is 5.56 Å². The van der Waals surface area contributed by atoms with E-state index in [1.165, 1.54) is 36.4 Å². The summed E-state index contributed by atoms with van der Waals surface area (Å²) < 4.78 is 5.01. The highest BCUT2D eigenvalue weighted by molar-refractivity contribution is 5.71. The molecule has 0 aliphatic carbocycles. The smallest absolute Gasteiger partial charge is 0.265 e. The van der Waals surface area contributed by atoms with E-state index in [1.807, 2.05) is 0 Å². The van der Waals surface area contributed by atoms with Gasteiger partial charge in [-0.25, -0.2) is 0 Å². The van der Waals surface area contributed by atoms with Crippen LogP contribution in [-0.2, 0) is 0 Å². The van der Waals surface area contributed by atoms with E-state index in [2.05, 4.69) is 10.1 Å². The summed E-state index contributed by atoms with van der Waals surface area (Å²) >= 11 is 0. The molecule has 0 fully saturated rings. The first-order chi connectivity index (χ1) is 10.1. The number of aromatic hydroxyl groups is 4. The van der Waals surface area contributed by atoms with Crippen molar-refractivity contribution >= 4 is 0 Å². The van der Waals surface area contributed by atoms with E-state index in [9.17, 15) is 20.4 Å². The maximum atomic E-state index is 9.74. The molecule has 0 saturated carbocycles. The van der Waals surface area contributed by atoms with Gasteiger partial charge in [0.15, 0.2) is 11.5 Å². The Morgan fingerprint density at radius 2 is 1.52 bits per heavy atom. The van der Waals surface area contributed by atoms with Crippen molar-refractivity contribution < 1.29 is 24.9 Å². The lowest BCUT2D eigenvalue weighted by atomic mass is 10.1. The molecule has 0 bridgehead atoms. The fourth-order valence-electron chi connectivity index (χ4n) is 1.85. The lowest BCUT2D eigenvalue weighted by Crippen LogP contribution is -1.83. The molecule has 0 aliphatic rings. The summed E-state index contributed by atoms with van der Waals surface area (Å²) in [7, 11) is 0. The van der Waals surface area contributed by atoms with Crippen LogP contribution >= 0.6 is 0 Å². The third-order valence-corrected chi connectivity index (χ3v) is 2.89. The summed E-state index contributed by atoms with van der Waals surface area (Å²) in [6.07, 6.45) is 0. The van der Waals surface area contributed by atoms with Crippen molar-refractivity contribution in [2.75, 3.05) is 0 Å². The summed E-state index contributed by atoms with van der Waals surface area (Å²) in [6, 6.07) is 8.29. The number of hydrogen-bond donors (Lipinski definition) is 4. The molecule has 0 radical (unpaired) electrons. The monoisotopic (exact) mass is 286 g/mol. The van der Waals surface area contributed by atoms with Crippen LogP contribution in [0.15, 0.2) is 40.9 Å². The van der Waals surface area contributed by atoms with Gasteiger partial charge in [-0.3, -0.25) is 0 Å². The Labute approximate surface area is 118 Å². The van der Waals surface area contributed by atoms with Crippen molar-refractivity contribution in [3.8, 4) is 45.8 Å². The standard InChI is InChI=1S/C14H10N2O5/c17-8-5-4-7(6-11(8)20)13-15-14(21-16-13)12-9(18)2-1-3-10(12)19/h1-6,17-20H. The van der Waals surface area contributed by atoms with E-state index in [1.54, 1.807) is 0 Å². The van der Waals surface area contributed by atoms with Crippen LogP contribution in [0, 0.1) is 0 Å². The third-order valence-electron chi connectivity index (χ3n) is 2.89. The molecule has 7 nitrogen and oxygen atoms in total. The highest BCUT2D eigenvalue weighted by atomic mass is 16.5. The molecule has 0 amide bonds. The van der Waals surface area contributed by atoms with E-state index in [4.69, 9.17) is 4.52 Å². The summed E-state index contributed by atoms with van der Waals surface area (Å²) in [5.41, 5.74) is 0.439. The first-order valence-corrected chi connectivity index (χ1v) is 5.93. The second-order valence-electron chi connectivity index (χ2n) is 4.30. The lowest BCUT2D eigenvalue weighted by Gasteiger charge is -2.01. The second kappa shape index (κ2) is 4.71. The average molecular weight is 286 g/mol. The van der Waals surface area contributed by atoms with Crippen LogP contribution in [0.4, 0.5) is 0 Å². The zero-order valence-corrected chi connectivity index (χ0v) is 10.6. The number of rotatable bonds is 2. The van der Waals surface area contributed by atoms with Crippen molar-refractivity contribution in [2.24, 2.45) is 0 Å². The van der Waals surface area contributed by atoms with Crippen LogP contribution in [0.2, 0.25) is 0 Å². The van der Waals surface area contributed by atoms with E-state index >= 15 is 0 Å². The number of phenols is 4. The van der Waals surface area contributed by atoms with Crippen molar-refractivity contribution in [1.29, 1.82) is 0 Å². The maximum Gasteiger partial charge on any atom is 0.265 e. The van der Waals surface area contributed by atoms with Crippen LogP contribution in [0.5, 0.6) is 23.0 Å². The Kier molecular flexibility index (Phi) is 2.87. The van der Waals surface area contributed by atoms with Gasteiger partial charge in [-0.1, -0.05) is 11.2 Å². The number of nitrogens with zero attached hydrogens (tertiary/aromatic N) is 2. The number of phenolic OH excluding ortho intramolecular Hbond substituents is 4. The minimum Gasteiger partial charge on any atom is -0.507 e. The zero-order chi connectivity index (χ0) is 15.0. The van der Waals surface area contributed by atoms with Gasteiger partial charge in [0.05, 0.1) is 0 Å². The Morgan fingerprint density at radius 3 is 2.19 bits per heavy atom. The van der Waals surface area contributed by atoms with Gasteiger partial charge in [0.25, 0.3) is 5.89 Å². The molecule has 3 aromatic rings. The lowest BCUT2D eigenvalue weighted by molar-refractivity contribution is 0.403. The summed E-state index contributed by atoms with van der Waals surface area (Å²) in [6.45, 7) is 0. The minimum absolute atomic E-state index is 0.0271. The molecule has 7 heteroatoms. The molecule has 2 aromatic carbocycles. The van der Waals surface area contributed by atoms with Gasteiger partial charge in [0.2, 0.25) is 5.82 Å². The van der Waals surface area contributed by atoms with E-state index in [-0.39, 0.29) is 40.3 Å². The van der Waals surface area contributed by atoms with Gasteiger partial charge < -0.3 is 24.9 Å². The molecule has 0 aliphatic heterocycles. The molecule has 0 spiro atoms. The Morgan fingerprint density at radius 1 is 0.810 bits per heavy atom. The zero-order valence-electron chi connectivity index (χ0n) is 10.6. The van der Waals surface area contributed by atoms with Gasteiger partial charge in [-0.15, -0.1) is 0 Å². The molecule has 0 saturated heterocycles. The van der Waals surface area contributed by atoms with Crippen LogP contribution in [0.1, 0.15) is 0 Å². The Bertz CT molecular complexity index is 793. The first-order valence-electron chi connectivity index (χ1n) is 5.93. The van der Waals surface area contributed by atoms with Crippen LogP contribution in [-0.4, -0.2) is 30.6 Å². The second-order valence-corrected chi connectivity index (χ2v) is 4.30. The molecule has 0 atom stereocenters. The summed E-state index contributed by atoms with van der Waals surface area (Å²) in [5.74, 6) is -0.890. The van der Waals surface area contributed by atoms with Crippen LogP contribution < -0.4 is 0 Å². The molecule has 1 heterocycles. The van der Waals surface area contributed by atoms with Crippen LogP contribution in [0.3, 0.4) is 0 Å². The van der Waals surface area contributed by atoms with Crippen molar-refractivity contribution in [1.82, 2.24) is 10.1 Å². The van der Waals surface area contributed by atoms with Crippen molar-refractivity contribution in [2.45, 2.75) is 0 Å². The molecule has 1 aromatic heterocycles. The number of aromatic nitrogens is 2. The van der Waals surface area contributed by atoms with Crippen molar-refractivity contribution in [3.05, 3.63) is 36.4 Å². The van der Waals surface area contributed by atoms with Gasteiger partial charge in [-0.2, -0.15) is 4.98 Å². The molecule has 0 unspecified atom stereocenters. The molecular formula is C14H10N2O5. The van der Waals surface area contributed by atoms with Gasteiger partial charge in [0.1, 0.15) is 17.1 Å². The predicted molar refractivity (Wildman–Crippen MR) is 71.8 cm³/mol. The fraction of sp³-hybridized carbons (Fsp3) is 0. The maximum absolute atomic E-state index is 9.74. The Hall–Kier alpha value is -3.22. The molecule has 4 N–H and O–H groups in total. The van der Waals surface area contributed by atoms with Crippen molar-refractivity contribution in [3.63, 3.8) is 0 Å². The topological polar surface area (TPSA) is 120 Å². The normalized spacial score (nSPS) is 10.7. The predicted octanol–water partition coefficient (Wildman–Crippen LogP) is 2.23. The van der Waals surface area contributed by atoms with Gasteiger partial charge in [-0.05, 0) is 30.3 Å². The summed E-state index contributed by atoms with van der Waals surface area (Å²) in [5, 5.41) is 41.9. The number of benzene rings is 2. The highest BCUT2D eigenvalue weighted by Gasteiger charge is 2.18. The fourth-order valence-corrected chi connectivity index (χ4v) is 1.85. The summed E-state index contributed by atoms with van der Waals surface area (Å²) in [4.78, 5) is 4.05. The highest BCUT2D eigenvalue weighted by Crippen LogP contribution is 2.37. The number of hydrogen-bond acceptors (Lipinski definition) is 7. The quantitative estimate of drug-likeness (QED) is 0.533. The average Bonchev–Trinajstić information content (AvgIpc) is 2.91. The Balaban J connectivity index is 2.06. The largest absolute Gasteiger partial charge is 0.507 e. The molecular weight excluding hydrogens is 276 g/mol. The van der Waals surface area contributed by atoms with Gasteiger partial charge >= 0.3 is 0 Å². The third kappa shape index (κ3) is 2.20. The van der Waals surface area contributed by atoms with Crippen LogP contribution in [0.25, 0.3) is 22.8 Å². The SMILES string of the molecule is Oc1ccc(-c2noc(-c3c(O)cccc3O)n2)cc1O. The molecule has 106 valence electrons. The molecule has 21 heavy (non-hydrogen) atoms. The first kappa shape index (κ1) is 12.8. The van der Waals surface area contributed by atoms with E-state index < -0.39 is 0 Å². The van der Waals surface area contributed by atoms with E-state index in [0.717, 1.165) is 0 Å².